The quantitative estimate of drug-likeness (QED) is 0.846. The molecule has 2 rings (SSSR count). The summed E-state index contributed by atoms with van der Waals surface area (Å²) in [7, 11) is -2.71. The van der Waals surface area contributed by atoms with Crippen molar-refractivity contribution in [1.82, 2.24) is 14.6 Å². The highest BCUT2D eigenvalue weighted by Crippen LogP contribution is 2.21. The molecule has 2 N–H and O–H groups in total. The molecule has 5 nitrogen and oxygen atoms in total. The van der Waals surface area contributed by atoms with Crippen LogP contribution in [-0.2, 0) is 22.1 Å². The number of H-pyrrole nitrogens is 1. The molecule has 0 amide bonds. The van der Waals surface area contributed by atoms with Gasteiger partial charge in [-0.05, 0) is 50.7 Å². The van der Waals surface area contributed by atoms with E-state index in [1.54, 1.807) is 0 Å². The van der Waals surface area contributed by atoms with Crippen LogP contribution in [0.2, 0.25) is 2.82 Å². The predicted molar refractivity (Wildman–Crippen MR) is 82.2 cm³/mol. The highest BCUT2D eigenvalue weighted by atomic mass is 32.2. The Morgan fingerprint density at radius 2 is 2.45 bits per heavy atom. The molecular formula is C14H21N3O2S. The van der Waals surface area contributed by atoms with Crippen LogP contribution < -0.4 is 4.72 Å². The molecule has 6 heteroatoms. The Hall–Kier alpha value is -1.37. The lowest BCUT2D eigenvalue weighted by Crippen LogP contribution is -2.20. The van der Waals surface area contributed by atoms with Crippen molar-refractivity contribution in [2.24, 2.45) is 0 Å². The second kappa shape index (κ2) is 5.95. The van der Waals surface area contributed by atoms with Gasteiger partial charge in [-0.25, -0.2) is 13.1 Å². The van der Waals surface area contributed by atoms with Gasteiger partial charge in [-0.2, -0.15) is 0 Å². The number of aromatic amines is 1. The topological polar surface area (TPSA) is 65.2 Å². The van der Waals surface area contributed by atoms with Gasteiger partial charge >= 0.3 is 0 Å². The number of hydrogen-bond donors (Lipinski definition) is 2. The average Bonchev–Trinajstić information content (AvgIpc) is 2.84. The molecule has 0 saturated carbocycles. The smallest absolute Gasteiger partial charge is 0.215 e. The Bertz CT molecular complexity index is 1060. The maximum absolute atomic E-state index is 12.2. The fourth-order valence-electron chi connectivity index (χ4n) is 1.60. The monoisotopic (exact) mass is 305 g/mol. The number of fused-ring (bicyclic) bond motifs is 1. The molecule has 1 aromatic heterocycles. The van der Waals surface area contributed by atoms with Crippen LogP contribution in [0.4, 0.5) is 0 Å². The van der Waals surface area contributed by atoms with E-state index in [1.165, 1.54) is 13.1 Å². The molecule has 0 bridgehead atoms. The van der Waals surface area contributed by atoms with Crippen molar-refractivity contribution in [2.75, 3.05) is 27.6 Å². The summed E-state index contributed by atoms with van der Waals surface area (Å²) in [5.41, 5.74) is -3.80. The molecule has 0 atom stereocenters. The second-order valence-corrected chi connectivity index (χ2v) is 5.64. The summed E-state index contributed by atoms with van der Waals surface area (Å²) in [6.45, 7) is -3.26. The first kappa shape index (κ1) is 6.60. The van der Waals surface area contributed by atoms with Crippen molar-refractivity contribution in [3.05, 3.63) is 35.5 Å². The number of aromatic nitrogens is 1. The first-order chi connectivity index (χ1) is 13.4. The lowest BCUT2D eigenvalue weighted by Gasteiger charge is -2.08. The Labute approximate surface area is 134 Å². The minimum absolute atomic E-state index is 0.0196. The van der Waals surface area contributed by atoms with Gasteiger partial charge < -0.3 is 9.88 Å². The van der Waals surface area contributed by atoms with E-state index in [0.29, 0.717) is 4.98 Å². The maximum atomic E-state index is 12.2. The lowest BCUT2D eigenvalue weighted by atomic mass is 10.1. The van der Waals surface area contributed by atoms with E-state index in [9.17, 15) is 8.42 Å². The molecule has 20 heavy (non-hydrogen) atoms. The molecule has 0 aliphatic rings. The first-order valence-corrected chi connectivity index (χ1v) is 7.13. The van der Waals surface area contributed by atoms with E-state index in [4.69, 9.17) is 13.8 Å². The molecular weight excluding hydrogens is 274 g/mol. The second-order valence-electron chi connectivity index (χ2n) is 4.12. The molecule has 2 aromatic rings. The lowest BCUT2D eigenvalue weighted by molar-refractivity contribution is 0.414. The van der Waals surface area contributed by atoms with Gasteiger partial charge in [0.1, 0.15) is 1.41 Å². The van der Waals surface area contributed by atoms with Crippen molar-refractivity contribution in [3.8, 4) is 0 Å². The number of nitrogens with zero attached hydrogens (tertiary/aromatic N) is 1. The van der Waals surface area contributed by atoms with E-state index in [-0.39, 0.29) is 21.2 Å². The fraction of sp³-hybridized carbons (Fsp3) is 0.429. The summed E-state index contributed by atoms with van der Waals surface area (Å²) in [5, 5.41) is -0.0943. The summed E-state index contributed by atoms with van der Waals surface area (Å²) in [6.07, 6.45) is -3.01. The zero-order valence-electron chi connectivity index (χ0n) is 21.0. The molecule has 1 heterocycles. The summed E-state index contributed by atoms with van der Waals surface area (Å²) in [6, 6.07) is 3.28. The van der Waals surface area contributed by atoms with Gasteiger partial charge in [0.25, 0.3) is 0 Å². The summed E-state index contributed by atoms with van der Waals surface area (Å²) < 4.78 is 103. The highest BCUT2D eigenvalue weighted by molar-refractivity contribution is 7.88. The van der Waals surface area contributed by atoms with E-state index >= 15 is 0 Å². The minimum atomic E-state index is -4.73. The number of likely N-dealkylation sites (N-methyl/N-ethyl adjacent to an activating group) is 1. The number of nitrogens with one attached hydrogen (secondary N) is 2. The number of rotatable bonds is 6. The number of benzene rings is 1. The Balaban J connectivity index is 2.73. The van der Waals surface area contributed by atoms with Crippen LogP contribution in [0.5, 0.6) is 0 Å². The third-order valence-electron chi connectivity index (χ3n) is 2.53. The van der Waals surface area contributed by atoms with Crippen LogP contribution in [-0.4, -0.2) is 45.9 Å². The van der Waals surface area contributed by atoms with E-state index < -0.39 is 47.4 Å². The third kappa shape index (κ3) is 3.59. The third-order valence-corrected chi connectivity index (χ3v) is 3.51. The maximum Gasteiger partial charge on any atom is 0.215 e. The predicted octanol–water partition coefficient (Wildman–Crippen LogP) is 1.32. The van der Waals surface area contributed by atoms with Crippen LogP contribution in [0.1, 0.15) is 22.1 Å². The van der Waals surface area contributed by atoms with Crippen molar-refractivity contribution in [1.29, 1.82) is 0 Å². The first-order valence-electron chi connectivity index (χ1n) is 10.6. The standard InChI is InChI=1S/C14H21N3O2S/c1-15-20(18,19)10-11-4-5-14-13(8-11)12(9-16-14)6-7-17(2)3/h4-5,8-9,15-16H,6-7,10H2,1-3H3/i2D3,6D2,9D,10D2/hD2. The minimum Gasteiger partial charge on any atom is -0.361 e. The number of sulfonamides is 1. The normalized spacial score (nSPS) is 22.0. The van der Waals surface area contributed by atoms with Gasteiger partial charge in [0.15, 0.2) is 1.41 Å². The van der Waals surface area contributed by atoms with Crippen molar-refractivity contribution in [2.45, 2.75) is 12.1 Å². The summed E-state index contributed by atoms with van der Waals surface area (Å²) in [5.74, 6) is 0. The molecule has 0 unspecified atom stereocenters. The van der Waals surface area contributed by atoms with Crippen LogP contribution in [0, 0.1) is 0 Å². The molecule has 110 valence electrons. The van der Waals surface area contributed by atoms with Crippen LogP contribution >= 0.6 is 0 Å². The Morgan fingerprint density at radius 1 is 1.65 bits per heavy atom. The molecule has 0 aliphatic heterocycles. The summed E-state index contributed by atoms with van der Waals surface area (Å²) >= 11 is 0. The Morgan fingerprint density at radius 3 is 3.15 bits per heavy atom. The SMILES string of the molecule is [2H]c1c(C([2H])([2H])CN(C)C([2H])([2H])[2H])c2cc(C([2H])([2H])S(=O)(=O)N([2H])C)ccc2n1[2H]. The zero-order chi connectivity index (χ0) is 23.4. The van der Waals surface area contributed by atoms with E-state index in [0.717, 1.165) is 24.1 Å². The molecule has 1 aromatic carbocycles. The average molecular weight is 305 g/mol. The van der Waals surface area contributed by atoms with Crippen LogP contribution in [0.25, 0.3) is 10.9 Å². The van der Waals surface area contributed by atoms with Gasteiger partial charge in [-0.3, -0.25) is 0 Å². The van der Waals surface area contributed by atoms with Crippen molar-refractivity contribution >= 4 is 20.9 Å². The van der Waals surface area contributed by atoms with E-state index in [2.05, 4.69) is 0 Å². The van der Waals surface area contributed by atoms with Crippen molar-refractivity contribution < 1.29 is 22.2 Å². The van der Waals surface area contributed by atoms with Gasteiger partial charge in [-0.15, -0.1) is 0 Å². The fourth-order valence-corrected chi connectivity index (χ4v) is 2.12. The van der Waals surface area contributed by atoms with Gasteiger partial charge in [-0.1, -0.05) is 6.07 Å². The largest absolute Gasteiger partial charge is 0.361 e. The molecule has 0 saturated heterocycles. The van der Waals surface area contributed by atoms with Crippen LogP contribution in [0.15, 0.2) is 24.4 Å². The number of hydrogen-bond acceptors (Lipinski definition) is 3. The van der Waals surface area contributed by atoms with Crippen molar-refractivity contribution in [3.63, 3.8) is 0 Å². The molecule has 0 aliphatic carbocycles. The summed E-state index contributed by atoms with van der Waals surface area (Å²) in [4.78, 5) is 1.37. The molecule has 0 fully saturated rings. The van der Waals surface area contributed by atoms with Crippen LogP contribution in [0.3, 0.4) is 0 Å². The van der Waals surface area contributed by atoms with Gasteiger partial charge in [0, 0.05) is 33.2 Å². The van der Waals surface area contributed by atoms with Gasteiger partial charge in [0.2, 0.25) is 10.0 Å². The Kier molecular flexibility index (Phi) is 1.96. The molecule has 0 radical (unpaired) electrons. The molecule has 0 spiro atoms. The zero-order valence-corrected chi connectivity index (χ0v) is 11.8. The van der Waals surface area contributed by atoms with E-state index in [1.807, 2.05) is 0 Å². The van der Waals surface area contributed by atoms with Gasteiger partial charge in [0.05, 0.1) is 7.08 Å². The highest BCUT2D eigenvalue weighted by Gasteiger charge is 2.11.